The fraction of sp³-hybridized carbons (Fsp3) is 0.143. The quantitative estimate of drug-likeness (QED) is 0.608. The summed E-state index contributed by atoms with van der Waals surface area (Å²) >= 11 is 6.13. The van der Waals surface area contributed by atoms with Crippen LogP contribution in [0.15, 0.2) is 71.3 Å². The van der Waals surface area contributed by atoms with E-state index in [0.29, 0.717) is 22.1 Å². The van der Waals surface area contributed by atoms with Crippen LogP contribution in [-0.4, -0.2) is 18.4 Å². The van der Waals surface area contributed by atoms with Crippen LogP contribution in [-0.2, 0) is 17.9 Å². The number of hydrogen-bond acceptors (Lipinski definition) is 4. The van der Waals surface area contributed by atoms with E-state index in [9.17, 15) is 9.59 Å². The predicted octanol–water partition coefficient (Wildman–Crippen LogP) is 3.56. The largest absolute Gasteiger partial charge is 0.488 e. The van der Waals surface area contributed by atoms with Gasteiger partial charge in [-0.05, 0) is 30.3 Å². The summed E-state index contributed by atoms with van der Waals surface area (Å²) in [6, 6.07) is 17.7. The van der Waals surface area contributed by atoms with Gasteiger partial charge in [0.1, 0.15) is 18.1 Å². The molecule has 0 unspecified atom stereocenters. The van der Waals surface area contributed by atoms with Crippen molar-refractivity contribution in [1.82, 2.24) is 10.6 Å². The van der Waals surface area contributed by atoms with Gasteiger partial charge in [-0.3, -0.25) is 9.59 Å². The van der Waals surface area contributed by atoms with Crippen LogP contribution in [0.25, 0.3) is 0 Å². The van der Waals surface area contributed by atoms with Crippen molar-refractivity contribution in [3.63, 3.8) is 0 Å². The molecule has 6 nitrogen and oxygen atoms in total. The van der Waals surface area contributed by atoms with Gasteiger partial charge in [0.15, 0.2) is 0 Å². The molecule has 0 saturated heterocycles. The molecule has 7 heteroatoms. The van der Waals surface area contributed by atoms with Gasteiger partial charge in [0.25, 0.3) is 5.91 Å². The monoisotopic (exact) mass is 398 g/mol. The molecule has 0 spiro atoms. The highest BCUT2D eigenvalue weighted by atomic mass is 35.5. The molecule has 3 rings (SSSR count). The lowest BCUT2D eigenvalue weighted by atomic mass is 10.2. The van der Waals surface area contributed by atoms with Crippen molar-refractivity contribution in [2.24, 2.45) is 0 Å². The molecule has 2 amide bonds. The molecule has 0 atom stereocenters. The fourth-order valence-electron chi connectivity index (χ4n) is 2.47. The van der Waals surface area contributed by atoms with Gasteiger partial charge in [0.2, 0.25) is 5.91 Å². The van der Waals surface area contributed by atoms with Crippen LogP contribution in [0.4, 0.5) is 0 Å². The maximum atomic E-state index is 12.5. The third kappa shape index (κ3) is 5.37. The molecule has 2 aromatic carbocycles. The van der Waals surface area contributed by atoms with E-state index < -0.39 is 5.91 Å². The van der Waals surface area contributed by atoms with Gasteiger partial charge < -0.3 is 19.8 Å². The Kier molecular flexibility index (Phi) is 6.70. The first-order chi connectivity index (χ1) is 13.6. The molecular formula is C21H19ClN2O4. The highest BCUT2D eigenvalue weighted by Gasteiger charge is 2.14. The van der Waals surface area contributed by atoms with Crippen LogP contribution in [0.1, 0.15) is 21.7 Å². The van der Waals surface area contributed by atoms with Crippen molar-refractivity contribution in [2.75, 3.05) is 6.54 Å². The summed E-state index contributed by atoms with van der Waals surface area (Å²) in [4.78, 5) is 24.4. The summed E-state index contributed by atoms with van der Waals surface area (Å²) in [6.07, 6.45) is 1.53. The lowest BCUT2D eigenvalue weighted by Crippen LogP contribution is -2.36. The Morgan fingerprint density at radius 3 is 2.54 bits per heavy atom. The molecule has 0 fully saturated rings. The SMILES string of the molecule is O=C(CNC(=O)c1ccccc1OCc1ccccc1Cl)NCc1ccco1. The van der Waals surface area contributed by atoms with Gasteiger partial charge in [-0.2, -0.15) is 0 Å². The van der Waals surface area contributed by atoms with Gasteiger partial charge in [-0.1, -0.05) is 41.9 Å². The van der Waals surface area contributed by atoms with E-state index in [2.05, 4.69) is 10.6 Å². The standard InChI is InChI=1S/C21H19ClN2O4/c22-18-9-3-1-6-15(18)14-28-19-10-4-2-8-17(19)21(26)24-13-20(25)23-12-16-7-5-11-27-16/h1-11H,12-14H2,(H,23,25)(H,24,26). The molecule has 0 saturated carbocycles. The minimum absolute atomic E-state index is 0.154. The van der Waals surface area contributed by atoms with Crippen LogP contribution in [0.2, 0.25) is 5.02 Å². The minimum Gasteiger partial charge on any atom is -0.488 e. The van der Waals surface area contributed by atoms with Crippen molar-refractivity contribution < 1.29 is 18.7 Å². The molecular weight excluding hydrogens is 380 g/mol. The zero-order valence-electron chi connectivity index (χ0n) is 15.0. The van der Waals surface area contributed by atoms with E-state index in [-0.39, 0.29) is 25.6 Å². The average molecular weight is 399 g/mol. The average Bonchev–Trinajstić information content (AvgIpc) is 3.24. The second kappa shape index (κ2) is 9.62. The summed E-state index contributed by atoms with van der Waals surface area (Å²) in [5.74, 6) is 0.330. The maximum absolute atomic E-state index is 12.5. The van der Waals surface area contributed by atoms with Crippen molar-refractivity contribution in [2.45, 2.75) is 13.2 Å². The number of nitrogens with one attached hydrogen (secondary N) is 2. The molecule has 2 N–H and O–H groups in total. The van der Waals surface area contributed by atoms with Crippen LogP contribution < -0.4 is 15.4 Å². The molecule has 0 bridgehead atoms. The molecule has 1 heterocycles. The topological polar surface area (TPSA) is 80.6 Å². The number of halogens is 1. The Morgan fingerprint density at radius 2 is 1.75 bits per heavy atom. The Bertz CT molecular complexity index is 941. The number of ether oxygens (including phenoxy) is 1. The zero-order chi connectivity index (χ0) is 19.8. The van der Waals surface area contributed by atoms with Gasteiger partial charge in [0.05, 0.1) is 24.9 Å². The molecule has 1 aromatic heterocycles. The van der Waals surface area contributed by atoms with E-state index in [1.165, 1.54) is 6.26 Å². The number of carbonyl (C=O) groups is 2. The summed E-state index contributed by atoms with van der Waals surface area (Å²) in [5, 5.41) is 5.85. The molecule has 0 aliphatic carbocycles. The Morgan fingerprint density at radius 1 is 0.964 bits per heavy atom. The second-order valence-corrected chi connectivity index (χ2v) is 6.32. The first kappa shape index (κ1) is 19.5. The minimum atomic E-state index is -0.400. The number of para-hydroxylation sites is 1. The summed E-state index contributed by atoms with van der Waals surface area (Å²) in [7, 11) is 0. The molecule has 28 heavy (non-hydrogen) atoms. The van der Waals surface area contributed by atoms with Crippen molar-refractivity contribution >= 4 is 23.4 Å². The van der Waals surface area contributed by atoms with Crippen LogP contribution in [0.3, 0.4) is 0 Å². The number of hydrogen-bond donors (Lipinski definition) is 2. The second-order valence-electron chi connectivity index (χ2n) is 5.92. The van der Waals surface area contributed by atoms with E-state index >= 15 is 0 Å². The highest BCUT2D eigenvalue weighted by Crippen LogP contribution is 2.22. The summed E-state index contributed by atoms with van der Waals surface area (Å²) in [5.41, 5.74) is 1.16. The first-order valence-corrected chi connectivity index (χ1v) is 9.04. The number of benzene rings is 2. The third-order valence-electron chi connectivity index (χ3n) is 3.92. The van der Waals surface area contributed by atoms with E-state index in [1.807, 2.05) is 18.2 Å². The lowest BCUT2D eigenvalue weighted by Gasteiger charge is -2.12. The van der Waals surface area contributed by atoms with Crippen molar-refractivity contribution in [3.8, 4) is 5.75 Å². The molecule has 144 valence electrons. The Hall–Kier alpha value is -3.25. The molecule has 0 radical (unpaired) electrons. The molecule has 3 aromatic rings. The fourth-order valence-corrected chi connectivity index (χ4v) is 2.66. The van der Waals surface area contributed by atoms with Crippen molar-refractivity contribution in [3.05, 3.63) is 88.8 Å². The van der Waals surface area contributed by atoms with Gasteiger partial charge >= 0.3 is 0 Å². The number of carbonyl (C=O) groups excluding carboxylic acids is 2. The highest BCUT2D eigenvalue weighted by molar-refractivity contribution is 6.31. The Balaban J connectivity index is 1.54. The maximum Gasteiger partial charge on any atom is 0.255 e. The summed E-state index contributed by atoms with van der Waals surface area (Å²) in [6.45, 7) is 0.339. The van der Waals surface area contributed by atoms with E-state index in [4.69, 9.17) is 20.8 Å². The number of furan rings is 1. The van der Waals surface area contributed by atoms with Crippen LogP contribution in [0, 0.1) is 0 Å². The normalized spacial score (nSPS) is 10.3. The predicted molar refractivity (Wildman–Crippen MR) is 105 cm³/mol. The number of rotatable bonds is 8. The van der Waals surface area contributed by atoms with Gasteiger partial charge in [0, 0.05) is 10.6 Å². The lowest BCUT2D eigenvalue weighted by molar-refractivity contribution is -0.120. The zero-order valence-corrected chi connectivity index (χ0v) is 15.7. The molecule has 0 aliphatic rings. The van der Waals surface area contributed by atoms with E-state index in [1.54, 1.807) is 42.5 Å². The van der Waals surface area contributed by atoms with Crippen LogP contribution >= 0.6 is 11.6 Å². The van der Waals surface area contributed by atoms with Crippen LogP contribution in [0.5, 0.6) is 5.75 Å². The van der Waals surface area contributed by atoms with Gasteiger partial charge in [-0.15, -0.1) is 0 Å². The van der Waals surface area contributed by atoms with Gasteiger partial charge in [-0.25, -0.2) is 0 Å². The molecule has 0 aliphatic heterocycles. The number of amides is 2. The smallest absolute Gasteiger partial charge is 0.255 e. The first-order valence-electron chi connectivity index (χ1n) is 8.66. The third-order valence-corrected chi connectivity index (χ3v) is 4.29. The summed E-state index contributed by atoms with van der Waals surface area (Å²) < 4.78 is 10.9. The van der Waals surface area contributed by atoms with E-state index in [0.717, 1.165) is 5.56 Å². The van der Waals surface area contributed by atoms with Crippen molar-refractivity contribution in [1.29, 1.82) is 0 Å². The Labute approximate surface area is 167 Å².